The van der Waals surface area contributed by atoms with Gasteiger partial charge < -0.3 is 15.2 Å². The smallest absolute Gasteiger partial charge is 0.251 e. The Morgan fingerprint density at radius 2 is 2.24 bits per heavy atom. The first-order valence-corrected chi connectivity index (χ1v) is 5.67. The van der Waals surface area contributed by atoms with Crippen LogP contribution in [0.2, 0.25) is 0 Å². The lowest BCUT2D eigenvalue weighted by Gasteiger charge is -2.16. The highest BCUT2D eigenvalue weighted by Crippen LogP contribution is 2.16. The second-order valence-corrected chi connectivity index (χ2v) is 4.04. The molecule has 0 aliphatic heterocycles. The number of rotatable bonds is 5. The minimum atomic E-state index is -0.142. The van der Waals surface area contributed by atoms with Crippen molar-refractivity contribution in [1.82, 2.24) is 5.32 Å². The van der Waals surface area contributed by atoms with Crippen molar-refractivity contribution in [2.75, 3.05) is 13.7 Å². The van der Waals surface area contributed by atoms with E-state index in [1.807, 2.05) is 6.92 Å². The molecule has 94 valence electrons. The van der Waals surface area contributed by atoms with Crippen molar-refractivity contribution in [2.24, 2.45) is 0 Å². The van der Waals surface area contributed by atoms with Crippen LogP contribution < -0.4 is 5.32 Å². The monoisotopic (exact) mass is 237 g/mol. The third-order valence-electron chi connectivity index (χ3n) is 2.65. The summed E-state index contributed by atoms with van der Waals surface area (Å²) in [6.45, 7) is 4.25. The number of hydrogen-bond acceptors (Lipinski definition) is 3. The number of ether oxygens (including phenoxy) is 1. The fourth-order valence-corrected chi connectivity index (χ4v) is 1.53. The lowest BCUT2D eigenvalue weighted by molar-refractivity contribution is 0.0894. The largest absolute Gasteiger partial charge is 0.508 e. The summed E-state index contributed by atoms with van der Waals surface area (Å²) >= 11 is 0. The van der Waals surface area contributed by atoms with Gasteiger partial charge in [-0.15, -0.1) is 0 Å². The molecule has 1 rings (SSSR count). The topological polar surface area (TPSA) is 58.6 Å². The Hall–Kier alpha value is -1.55. The zero-order chi connectivity index (χ0) is 12.8. The predicted octanol–water partition coefficient (Wildman–Crippen LogP) is 1.86. The minimum absolute atomic E-state index is 0.0154. The van der Waals surface area contributed by atoms with Crippen LogP contribution in [0.5, 0.6) is 5.75 Å². The van der Waals surface area contributed by atoms with E-state index in [1.165, 1.54) is 6.07 Å². The molecule has 1 unspecified atom stereocenters. The quantitative estimate of drug-likeness (QED) is 0.821. The van der Waals surface area contributed by atoms with E-state index in [4.69, 9.17) is 4.74 Å². The van der Waals surface area contributed by atoms with Crippen molar-refractivity contribution >= 4 is 5.91 Å². The number of amides is 1. The van der Waals surface area contributed by atoms with Crippen molar-refractivity contribution in [2.45, 2.75) is 26.3 Å². The molecule has 4 heteroatoms. The van der Waals surface area contributed by atoms with Crippen molar-refractivity contribution in [3.05, 3.63) is 29.3 Å². The number of carbonyl (C=O) groups excluding carboxylic acids is 1. The van der Waals surface area contributed by atoms with E-state index < -0.39 is 0 Å². The number of aryl methyl sites for hydroxylation is 1. The number of methoxy groups -OCH3 is 1. The van der Waals surface area contributed by atoms with Crippen LogP contribution in [0, 0.1) is 6.92 Å². The van der Waals surface area contributed by atoms with Gasteiger partial charge in [0, 0.05) is 12.7 Å². The van der Waals surface area contributed by atoms with Gasteiger partial charge in [-0.1, -0.05) is 6.92 Å². The summed E-state index contributed by atoms with van der Waals surface area (Å²) in [5.74, 6) is 0.0579. The van der Waals surface area contributed by atoms with Crippen LogP contribution in [-0.4, -0.2) is 30.8 Å². The highest BCUT2D eigenvalue weighted by atomic mass is 16.5. The molecule has 0 saturated heterocycles. The molecule has 1 aromatic carbocycles. The summed E-state index contributed by atoms with van der Waals surface area (Å²) in [6, 6.07) is 4.82. The molecular weight excluding hydrogens is 218 g/mol. The van der Waals surface area contributed by atoms with Gasteiger partial charge in [-0.05, 0) is 37.1 Å². The standard InChI is InChI=1S/C13H19NO3/c1-4-11(8-17-3)14-13(16)10-5-6-12(15)9(2)7-10/h5-7,11,15H,4,8H2,1-3H3,(H,14,16). The number of phenolic OH excluding ortho intramolecular Hbond substituents is 1. The maximum absolute atomic E-state index is 11.9. The first-order chi connectivity index (χ1) is 8.08. The van der Waals surface area contributed by atoms with Gasteiger partial charge in [0.1, 0.15) is 5.75 Å². The van der Waals surface area contributed by atoms with Crippen LogP contribution in [0.3, 0.4) is 0 Å². The van der Waals surface area contributed by atoms with Gasteiger partial charge >= 0.3 is 0 Å². The molecule has 0 aliphatic carbocycles. The molecule has 1 atom stereocenters. The average Bonchev–Trinajstić information content (AvgIpc) is 2.31. The third-order valence-corrected chi connectivity index (χ3v) is 2.65. The first kappa shape index (κ1) is 13.5. The van der Waals surface area contributed by atoms with Crippen LogP contribution in [0.25, 0.3) is 0 Å². The fraction of sp³-hybridized carbons (Fsp3) is 0.462. The molecule has 0 bridgehead atoms. The van der Waals surface area contributed by atoms with Gasteiger partial charge in [0.2, 0.25) is 0 Å². The summed E-state index contributed by atoms with van der Waals surface area (Å²) in [4.78, 5) is 11.9. The van der Waals surface area contributed by atoms with E-state index in [9.17, 15) is 9.90 Å². The summed E-state index contributed by atoms with van der Waals surface area (Å²) in [7, 11) is 1.61. The number of carbonyl (C=O) groups is 1. The van der Waals surface area contributed by atoms with Gasteiger partial charge in [-0.25, -0.2) is 0 Å². The van der Waals surface area contributed by atoms with Crippen LogP contribution in [0.15, 0.2) is 18.2 Å². The number of nitrogens with one attached hydrogen (secondary N) is 1. The predicted molar refractivity (Wildman–Crippen MR) is 66.3 cm³/mol. The van der Waals surface area contributed by atoms with Crippen molar-refractivity contribution in [3.63, 3.8) is 0 Å². The van der Waals surface area contributed by atoms with Gasteiger partial charge in [-0.2, -0.15) is 0 Å². The van der Waals surface area contributed by atoms with Crippen LogP contribution >= 0.6 is 0 Å². The van der Waals surface area contributed by atoms with E-state index in [0.717, 1.165) is 6.42 Å². The minimum Gasteiger partial charge on any atom is -0.508 e. The van der Waals surface area contributed by atoms with E-state index >= 15 is 0 Å². The molecule has 1 amide bonds. The van der Waals surface area contributed by atoms with Gasteiger partial charge in [-0.3, -0.25) is 4.79 Å². The lowest BCUT2D eigenvalue weighted by atomic mass is 10.1. The van der Waals surface area contributed by atoms with Gasteiger partial charge in [0.15, 0.2) is 0 Å². The maximum atomic E-state index is 11.9. The Labute approximate surface area is 102 Å². The Balaban J connectivity index is 2.72. The van der Waals surface area contributed by atoms with Crippen molar-refractivity contribution in [3.8, 4) is 5.75 Å². The van der Waals surface area contributed by atoms with Gasteiger partial charge in [0.05, 0.1) is 12.6 Å². The molecule has 0 fully saturated rings. The summed E-state index contributed by atoms with van der Waals surface area (Å²) in [6.07, 6.45) is 0.816. The van der Waals surface area contributed by atoms with Crippen LogP contribution in [-0.2, 0) is 4.74 Å². The number of hydrogen-bond donors (Lipinski definition) is 2. The molecule has 17 heavy (non-hydrogen) atoms. The normalized spacial score (nSPS) is 12.2. The van der Waals surface area contributed by atoms with E-state index in [-0.39, 0.29) is 17.7 Å². The van der Waals surface area contributed by atoms with Crippen LogP contribution in [0.4, 0.5) is 0 Å². The van der Waals surface area contributed by atoms with Crippen molar-refractivity contribution in [1.29, 1.82) is 0 Å². The first-order valence-electron chi connectivity index (χ1n) is 5.67. The zero-order valence-corrected chi connectivity index (χ0v) is 10.5. The molecular formula is C13H19NO3. The Bertz CT molecular complexity index is 390. The number of aromatic hydroxyl groups is 1. The number of phenols is 1. The summed E-state index contributed by atoms with van der Waals surface area (Å²) < 4.78 is 5.02. The second kappa shape index (κ2) is 6.25. The van der Waals surface area contributed by atoms with Crippen LogP contribution in [0.1, 0.15) is 29.3 Å². The molecule has 2 N–H and O–H groups in total. The highest BCUT2D eigenvalue weighted by Gasteiger charge is 2.12. The maximum Gasteiger partial charge on any atom is 0.251 e. The lowest BCUT2D eigenvalue weighted by Crippen LogP contribution is -2.37. The fourth-order valence-electron chi connectivity index (χ4n) is 1.53. The molecule has 4 nitrogen and oxygen atoms in total. The summed E-state index contributed by atoms with van der Waals surface area (Å²) in [5.41, 5.74) is 1.24. The highest BCUT2D eigenvalue weighted by molar-refractivity contribution is 5.94. The molecule has 0 spiro atoms. The Kier molecular flexibility index (Phi) is 4.97. The molecule has 0 radical (unpaired) electrons. The van der Waals surface area contributed by atoms with Gasteiger partial charge in [0.25, 0.3) is 5.91 Å². The molecule has 0 aromatic heterocycles. The van der Waals surface area contributed by atoms with E-state index in [1.54, 1.807) is 26.2 Å². The molecule has 1 aromatic rings. The Morgan fingerprint density at radius 3 is 2.76 bits per heavy atom. The van der Waals surface area contributed by atoms with E-state index in [2.05, 4.69) is 5.32 Å². The van der Waals surface area contributed by atoms with Crippen molar-refractivity contribution < 1.29 is 14.6 Å². The third kappa shape index (κ3) is 3.75. The number of benzene rings is 1. The second-order valence-electron chi connectivity index (χ2n) is 4.04. The zero-order valence-electron chi connectivity index (χ0n) is 10.5. The molecule has 0 heterocycles. The Morgan fingerprint density at radius 1 is 1.53 bits per heavy atom. The SMILES string of the molecule is CCC(COC)NC(=O)c1ccc(O)c(C)c1. The summed E-state index contributed by atoms with van der Waals surface area (Å²) in [5, 5.41) is 12.3. The van der Waals surface area contributed by atoms with E-state index in [0.29, 0.717) is 17.7 Å². The average molecular weight is 237 g/mol. The molecule has 0 saturated carbocycles. The molecule has 0 aliphatic rings.